The van der Waals surface area contributed by atoms with Crippen LogP contribution in [0.2, 0.25) is 0 Å². The number of anilines is 1. The molecule has 1 heterocycles. The molecule has 2 rings (SSSR count). The fourth-order valence-corrected chi connectivity index (χ4v) is 2.38. The lowest BCUT2D eigenvalue weighted by molar-refractivity contribution is -0.133. The minimum Gasteiger partial charge on any atom is -0.339 e. The highest BCUT2D eigenvalue weighted by atomic mass is 35.5. The van der Waals surface area contributed by atoms with Crippen LogP contribution in [0, 0.1) is 6.92 Å². The number of aryl methyl sites for hydroxylation is 1. The van der Waals surface area contributed by atoms with E-state index in [1.54, 1.807) is 11.9 Å². The molecular formula is C16H25ClN4O2. The lowest BCUT2D eigenvalue weighted by atomic mass is 10.2. The topological polar surface area (TPSA) is 64.7 Å². The second-order valence-corrected chi connectivity index (χ2v) is 5.72. The molecule has 6 nitrogen and oxygen atoms in total. The third-order valence-electron chi connectivity index (χ3n) is 3.62. The first-order valence-corrected chi connectivity index (χ1v) is 7.58. The molecule has 0 atom stereocenters. The number of carbonyl (C=O) groups excluding carboxylic acids is 2. The number of piperazine rings is 1. The van der Waals surface area contributed by atoms with Gasteiger partial charge in [-0.1, -0.05) is 17.7 Å². The Bertz CT molecular complexity index is 515. The van der Waals surface area contributed by atoms with Gasteiger partial charge in [0.05, 0.1) is 13.1 Å². The summed E-state index contributed by atoms with van der Waals surface area (Å²) < 4.78 is 0. The van der Waals surface area contributed by atoms with Crippen molar-refractivity contribution in [2.24, 2.45) is 0 Å². The summed E-state index contributed by atoms with van der Waals surface area (Å²) in [5, 5.41) is 6.05. The van der Waals surface area contributed by atoms with Gasteiger partial charge in [0.15, 0.2) is 0 Å². The summed E-state index contributed by atoms with van der Waals surface area (Å²) >= 11 is 0. The van der Waals surface area contributed by atoms with E-state index in [2.05, 4.69) is 10.6 Å². The van der Waals surface area contributed by atoms with Crippen LogP contribution in [0.15, 0.2) is 24.3 Å². The highest BCUT2D eigenvalue weighted by Gasteiger charge is 2.18. The molecule has 0 unspecified atom stereocenters. The van der Waals surface area contributed by atoms with Crippen molar-refractivity contribution in [1.29, 1.82) is 0 Å². The maximum absolute atomic E-state index is 12.1. The summed E-state index contributed by atoms with van der Waals surface area (Å²) in [6, 6.07) is 7.65. The van der Waals surface area contributed by atoms with Crippen molar-refractivity contribution in [3.05, 3.63) is 29.8 Å². The Balaban J connectivity index is 0.00000264. The van der Waals surface area contributed by atoms with Crippen LogP contribution in [0.4, 0.5) is 5.69 Å². The monoisotopic (exact) mass is 340 g/mol. The second kappa shape index (κ2) is 9.50. The minimum atomic E-state index is -0.112. The van der Waals surface area contributed by atoms with E-state index in [1.165, 1.54) is 0 Å². The van der Waals surface area contributed by atoms with Crippen LogP contribution in [0.3, 0.4) is 0 Å². The van der Waals surface area contributed by atoms with Crippen LogP contribution >= 0.6 is 12.4 Å². The SMILES string of the molecule is Cc1ccc(NC(=O)CN(C)CC(=O)N2CCNCC2)cc1.Cl. The van der Waals surface area contributed by atoms with Gasteiger partial charge >= 0.3 is 0 Å². The molecule has 23 heavy (non-hydrogen) atoms. The summed E-state index contributed by atoms with van der Waals surface area (Å²) in [5.74, 6) is -0.0356. The number of hydrogen-bond donors (Lipinski definition) is 2. The summed E-state index contributed by atoms with van der Waals surface area (Å²) in [7, 11) is 1.79. The van der Waals surface area contributed by atoms with Crippen LogP contribution in [-0.4, -0.2) is 67.9 Å². The number of rotatable bonds is 5. The van der Waals surface area contributed by atoms with Gasteiger partial charge in [0.25, 0.3) is 0 Å². The Morgan fingerprint density at radius 1 is 1.17 bits per heavy atom. The average molecular weight is 341 g/mol. The number of amides is 2. The van der Waals surface area contributed by atoms with Crippen molar-refractivity contribution in [1.82, 2.24) is 15.1 Å². The smallest absolute Gasteiger partial charge is 0.238 e. The molecule has 1 aliphatic heterocycles. The molecule has 0 bridgehead atoms. The first-order valence-electron chi connectivity index (χ1n) is 7.58. The second-order valence-electron chi connectivity index (χ2n) is 5.72. The van der Waals surface area contributed by atoms with E-state index in [0.717, 1.165) is 37.4 Å². The van der Waals surface area contributed by atoms with Crippen LogP contribution in [0.25, 0.3) is 0 Å². The molecule has 0 radical (unpaired) electrons. The summed E-state index contributed by atoms with van der Waals surface area (Å²) in [6.07, 6.45) is 0. The zero-order valence-electron chi connectivity index (χ0n) is 13.7. The normalized spacial score (nSPS) is 14.3. The third-order valence-corrected chi connectivity index (χ3v) is 3.62. The number of nitrogens with one attached hydrogen (secondary N) is 2. The summed E-state index contributed by atoms with van der Waals surface area (Å²) in [4.78, 5) is 27.7. The largest absolute Gasteiger partial charge is 0.339 e. The molecule has 1 aromatic rings. The molecule has 0 aromatic heterocycles. The molecule has 128 valence electrons. The molecule has 1 aliphatic rings. The van der Waals surface area contributed by atoms with Gasteiger partial charge in [-0.2, -0.15) is 0 Å². The van der Waals surface area contributed by atoms with E-state index in [9.17, 15) is 9.59 Å². The molecule has 2 amide bonds. The average Bonchev–Trinajstić information content (AvgIpc) is 2.50. The van der Waals surface area contributed by atoms with Gasteiger partial charge in [-0.15, -0.1) is 12.4 Å². The van der Waals surface area contributed by atoms with E-state index >= 15 is 0 Å². The van der Waals surface area contributed by atoms with Gasteiger partial charge in [0.1, 0.15) is 0 Å². The number of hydrogen-bond acceptors (Lipinski definition) is 4. The van der Waals surface area contributed by atoms with Gasteiger partial charge in [0.2, 0.25) is 11.8 Å². The van der Waals surface area contributed by atoms with Crippen LogP contribution in [0.1, 0.15) is 5.56 Å². The fraction of sp³-hybridized carbons (Fsp3) is 0.500. The molecule has 1 saturated heterocycles. The number of carbonyl (C=O) groups is 2. The molecule has 0 saturated carbocycles. The number of likely N-dealkylation sites (N-methyl/N-ethyl adjacent to an activating group) is 1. The van der Waals surface area contributed by atoms with Crippen molar-refractivity contribution in [2.75, 3.05) is 51.6 Å². The molecule has 0 spiro atoms. The maximum atomic E-state index is 12.1. The van der Waals surface area contributed by atoms with Crippen molar-refractivity contribution >= 4 is 29.9 Å². The van der Waals surface area contributed by atoms with E-state index in [4.69, 9.17) is 0 Å². The Kier molecular flexibility index (Phi) is 8.02. The zero-order valence-corrected chi connectivity index (χ0v) is 14.5. The maximum Gasteiger partial charge on any atom is 0.238 e. The Morgan fingerprint density at radius 3 is 2.39 bits per heavy atom. The van der Waals surface area contributed by atoms with E-state index in [0.29, 0.717) is 0 Å². The van der Waals surface area contributed by atoms with E-state index in [1.807, 2.05) is 36.1 Å². The van der Waals surface area contributed by atoms with Gasteiger partial charge < -0.3 is 15.5 Å². The predicted molar refractivity (Wildman–Crippen MR) is 94.0 cm³/mol. The molecule has 1 fully saturated rings. The van der Waals surface area contributed by atoms with Gasteiger partial charge in [-0.05, 0) is 26.1 Å². The summed E-state index contributed by atoms with van der Waals surface area (Å²) in [6.45, 7) is 5.62. The first kappa shape index (κ1) is 19.4. The van der Waals surface area contributed by atoms with Gasteiger partial charge in [0, 0.05) is 31.9 Å². The van der Waals surface area contributed by atoms with E-state index in [-0.39, 0.29) is 37.3 Å². The van der Waals surface area contributed by atoms with Crippen LogP contribution < -0.4 is 10.6 Å². The summed E-state index contributed by atoms with van der Waals surface area (Å²) in [5.41, 5.74) is 1.93. The highest BCUT2D eigenvalue weighted by molar-refractivity contribution is 5.92. The Hall–Kier alpha value is -1.63. The molecule has 1 aromatic carbocycles. The van der Waals surface area contributed by atoms with Crippen LogP contribution in [-0.2, 0) is 9.59 Å². The van der Waals surface area contributed by atoms with Gasteiger partial charge in [-0.25, -0.2) is 0 Å². The van der Waals surface area contributed by atoms with E-state index < -0.39 is 0 Å². The van der Waals surface area contributed by atoms with Gasteiger partial charge in [-0.3, -0.25) is 14.5 Å². The highest BCUT2D eigenvalue weighted by Crippen LogP contribution is 2.08. The quantitative estimate of drug-likeness (QED) is 0.829. The zero-order chi connectivity index (χ0) is 15.9. The minimum absolute atomic E-state index is 0. The predicted octanol–water partition coefficient (Wildman–Crippen LogP) is 0.719. The number of halogens is 1. The van der Waals surface area contributed by atoms with Crippen molar-refractivity contribution in [3.8, 4) is 0 Å². The Morgan fingerprint density at radius 2 is 1.78 bits per heavy atom. The van der Waals surface area contributed by atoms with Crippen LogP contribution in [0.5, 0.6) is 0 Å². The Labute approximate surface area is 143 Å². The van der Waals surface area contributed by atoms with Crippen molar-refractivity contribution in [3.63, 3.8) is 0 Å². The lowest BCUT2D eigenvalue weighted by Gasteiger charge is -2.29. The standard InChI is InChI=1S/C16H24N4O2.ClH/c1-13-3-5-14(6-4-13)18-15(21)11-19(2)12-16(22)20-9-7-17-8-10-20;/h3-6,17H,7-12H2,1-2H3,(H,18,21);1H. The molecular weight excluding hydrogens is 316 g/mol. The lowest BCUT2D eigenvalue weighted by Crippen LogP contribution is -2.49. The molecule has 0 aliphatic carbocycles. The first-order chi connectivity index (χ1) is 10.5. The molecule has 7 heteroatoms. The third kappa shape index (κ3) is 6.56. The number of benzene rings is 1. The van der Waals surface area contributed by atoms with Crippen molar-refractivity contribution in [2.45, 2.75) is 6.92 Å². The fourth-order valence-electron chi connectivity index (χ4n) is 2.38. The number of nitrogens with zero attached hydrogens (tertiary/aromatic N) is 2. The molecule has 2 N–H and O–H groups in total. The van der Waals surface area contributed by atoms with Crippen molar-refractivity contribution < 1.29 is 9.59 Å².